The third-order valence-corrected chi connectivity index (χ3v) is 3.76. The van der Waals surface area contributed by atoms with E-state index >= 15 is 0 Å². The third-order valence-electron chi connectivity index (χ3n) is 3.76. The Morgan fingerprint density at radius 2 is 2.22 bits per heavy atom. The molecule has 5 nitrogen and oxygen atoms in total. The summed E-state index contributed by atoms with van der Waals surface area (Å²) in [6.45, 7) is 5.07. The lowest BCUT2D eigenvalue weighted by molar-refractivity contribution is 0.0153. The van der Waals surface area contributed by atoms with Gasteiger partial charge in [0.25, 0.3) is 0 Å². The van der Waals surface area contributed by atoms with Gasteiger partial charge in [-0.2, -0.15) is 4.98 Å². The molecule has 102 valence electrons. The minimum atomic E-state index is 0.225. The molecule has 1 aliphatic rings. The average molecular weight is 253 g/mol. The molecule has 0 aliphatic carbocycles. The first kappa shape index (κ1) is 13.5. The Bertz CT molecular complexity index is 361. The van der Waals surface area contributed by atoms with Crippen molar-refractivity contribution in [2.75, 3.05) is 13.7 Å². The predicted molar refractivity (Wildman–Crippen MR) is 68.5 cm³/mol. The largest absolute Gasteiger partial charge is 0.378 e. The summed E-state index contributed by atoms with van der Waals surface area (Å²) in [7, 11) is 1.94. The molecule has 18 heavy (non-hydrogen) atoms. The van der Waals surface area contributed by atoms with Crippen molar-refractivity contribution < 1.29 is 9.26 Å². The highest BCUT2D eigenvalue weighted by atomic mass is 16.5. The van der Waals surface area contributed by atoms with Gasteiger partial charge in [0, 0.05) is 19.1 Å². The number of aromatic nitrogens is 2. The molecule has 2 rings (SSSR count). The van der Waals surface area contributed by atoms with Gasteiger partial charge in [-0.05, 0) is 33.2 Å². The van der Waals surface area contributed by atoms with Crippen LogP contribution in [0.2, 0.25) is 0 Å². The number of hydrogen-bond acceptors (Lipinski definition) is 5. The van der Waals surface area contributed by atoms with Crippen LogP contribution in [0, 0.1) is 0 Å². The first-order chi connectivity index (χ1) is 8.70. The van der Waals surface area contributed by atoms with Crippen molar-refractivity contribution in [2.24, 2.45) is 0 Å². The number of nitrogens with one attached hydrogen (secondary N) is 1. The van der Waals surface area contributed by atoms with Gasteiger partial charge in [-0.15, -0.1) is 0 Å². The van der Waals surface area contributed by atoms with Gasteiger partial charge < -0.3 is 14.6 Å². The second kappa shape index (κ2) is 6.29. The van der Waals surface area contributed by atoms with Crippen LogP contribution in [-0.4, -0.2) is 35.9 Å². The van der Waals surface area contributed by atoms with Crippen LogP contribution in [0.15, 0.2) is 4.52 Å². The third kappa shape index (κ3) is 3.29. The molecule has 1 saturated heterocycles. The molecular formula is C13H23N3O2. The molecule has 0 bridgehead atoms. The zero-order chi connectivity index (χ0) is 13.0. The fourth-order valence-corrected chi connectivity index (χ4v) is 2.17. The fraction of sp³-hybridized carbons (Fsp3) is 0.846. The molecule has 0 spiro atoms. The second-order valence-electron chi connectivity index (χ2n) is 5.11. The number of likely N-dealkylation sites (N-methyl/N-ethyl adjacent to an activating group) is 1. The molecule has 5 heteroatoms. The van der Waals surface area contributed by atoms with Crippen LogP contribution in [0.5, 0.6) is 0 Å². The average Bonchev–Trinajstić information content (AvgIpc) is 2.86. The molecule has 1 fully saturated rings. The SMILES string of the molecule is CNC(C)C(C)c1nc(CC2CCCCO2)no1. The zero-order valence-electron chi connectivity index (χ0n) is 11.5. The van der Waals surface area contributed by atoms with Crippen molar-refractivity contribution in [1.29, 1.82) is 0 Å². The van der Waals surface area contributed by atoms with Gasteiger partial charge in [-0.3, -0.25) is 0 Å². The van der Waals surface area contributed by atoms with E-state index in [2.05, 4.69) is 29.3 Å². The fourth-order valence-electron chi connectivity index (χ4n) is 2.17. The molecule has 0 aromatic carbocycles. The van der Waals surface area contributed by atoms with Gasteiger partial charge >= 0.3 is 0 Å². The van der Waals surface area contributed by atoms with Crippen LogP contribution in [-0.2, 0) is 11.2 Å². The topological polar surface area (TPSA) is 60.2 Å². The smallest absolute Gasteiger partial charge is 0.231 e. The summed E-state index contributed by atoms with van der Waals surface area (Å²) in [5.41, 5.74) is 0. The van der Waals surface area contributed by atoms with E-state index in [9.17, 15) is 0 Å². The summed E-state index contributed by atoms with van der Waals surface area (Å²) >= 11 is 0. The van der Waals surface area contributed by atoms with E-state index < -0.39 is 0 Å². The number of rotatable bonds is 5. The molecule has 2 heterocycles. The van der Waals surface area contributed by atoms with Crippen molar-refractivity contribution in [3.8, 4) is 0 Å². The maximum absolute atomic E-state index is 5.69. The first-order valence-corrected chi connectivity index (χ1v) is 6.82. The summed E-state index contributed by atoms with van der Waals surface area (Å²) in [5.74, 6) is 1.71. The minimum absolute atomic E-state index is 0.225. The highest BCUT2D eigenvalue weighted by Crippen LogP contribution is 2.19. The first-order valence-electron chi connectivity index (χ1n) is 6.82. The Balaban J connectivity index is 1.92. The maximum atomic E-state index is 5.69. The Morgan fingerprint density at radius 1 is 1.39 bits per heavy atom. The highest BCUT2D eigenvalue weighted by Gasteiger charge is 2.22. The Kier molecular flexibility index (Phi) is 4.72. The molecule has 1 aliphatic heterocycles. The molecule has 1 N–H and O–H groups in total. The second-order valence-corrected chi connectivity index (χ2v) is 5.11. The monoisotopic (exact) mass is 253 g/mol. The van der Waals surface area contributed by atoms with Crippen molar-refractivity contribution in [3.63, 3.8) is 0 Å². The summed E-state index contributed by atoms with van der Waals surface area (Å²) in [6, 6.07) is 0.323. The van der Waals surface area contributed by atoms with Gasteiger partial charge in [-0.25, -0.2) is 0 Å². The summed E-state index contributed by atoms with van der Waals surface area (Å²) in [5, 5.41) is 7.26. The molecule has 0 amide bonds. The van der Waals surface area contributed by atoms with Gasteiger partial charge in [0.2, 0.25) is 5.89 Å². The minimum Gasteiger partial charge on any atom is -0.378 e. The van der Waals surface area contributed by atoms with E-state index in [-0.39, 0.29) is 12.0 Å². The standard InChI is InChI=1S/C13H23N3O2/c1-9(10(2)14-3)13-15-12(16-18-13)8-11-6-4-5-7-17-11/h9-11,14H,4-8H2,1-3H3. The number of ether oxygens (including phenoxy) is 1. The van der Waals surface area contributed by atoms with Crippen LogP contribution in [0.25, 0.3) is 0 Å². The Labute approximate surface area is 108 Å². The maximum Gasteiger partial charge on any atom is 0.231 e. The van der Waals surface area contributed by atoms with Crippen LogP contribution < -0.4 is 5.32 Å². The molecular weight excluding hydrogens is 230 g/mol. The van der Waals surface area contributed by atoms with Crippen molar-refractivity contribution in [2.45, 2.75) is 57.6 Å². The summed E-state index contributed by atoms with van der Waals surface area (Å²) in [6.07, 6.45) is 4.55. The molecule has 3 atom stereocenters. The summed E-state index contributed by atoms with van der Waals surface area (Å²) in [4.78, 5) is 4.48. The molecule has 1 aromatic heterocycles. The molecule has 1 aromatic rings. The molecule has 0 radical (unpaired) electrons. The molecule has 0 saturated carbocycles. The van der Waals surface area contributed by atoms with Crippen molar-refractivity contribution >= 4 is 0 Å². The number of hydrogen-bond donors (Lipinski definition) is 1. The Morgan fingerprint density at radius 3 is 2.89 bits per heavy atom. The quantitative estimate of drug-likeness (QED) is 0.868. The van der Waals surface area contributed by atoms with Gasteiger partial charge in [-0.1, -0.05) is 12.1 Å². The Hall–Kier alpha value is -0.940. The molecule has 3 unspecified atom stereocenters. The van der Waals surface area contributed by atoms with E-state index in [0.717, 1.165) is 25.3 Å². The normalized spacial score (nSPS) is 23.8. The van der Waals surface area contributed by atoms with Crippen molar-refractivity contribution in [3.05, 3.63) is 11.7 Å². The lowest BCUT2D eigenvalue weighted by atomic mass is 10.0. The van der Waals surface area contributed by atoms with E-state index in [1.165, 1.54) is 12.8 Å². The summed E-state index contributed by atoms with van der Waals surface area (Å²) < 4.78 is 11.0. The van der Waals surface area contributed by atoms with Gasteiger partial charge in [0.15, 0.2) is 5.82 Å². The van der Waals surface area contributed by atoms with Crippen LogP contribution >= 0.6 is 0 Å². The highest BCUT2D eigenvalue weighted by molar-refractivity contribution is 4.97. The van der Waals surface area contributed by atoms with Gasteiger partial charge in [0.05, 0.1) is 12.0 Å². The van der Waals surface area contributed by atoms with Gasteiger partial charge in [0.1, 0.15) is 0 Å². The van der Waals surface area contributed by atoms with E-state index in [1.54, 1.807) is 0 Å². The van der Waals surface area contributed by atoms with E-state index in [4.69, 9.17) is 9.26 Å². The van der Waals surface area contributed by atoms with Crippen LogP contribution in [0.4, 0.5) is 0 Å². The zero-order valence-corrected chi connectivity index (χ0v) is 11.5. The van der Waals surface area contributed by atoms with E-state index in [1.807, 2.05) is 7.05 Å². The predicted octanol–water partition coefficient (Wildman–Crippen LogP) is 1.89. The lowest BCUT2D eigenvalue weighted by Crippen LogP contribution is -2.27. The lowest BCUT2D eigenvalue weighted by Gasteiger charge is -2.20. The van der Waals surface area contributed by atoms with Crippen molar-refractivity contribution in [1.82, 2.24) is 15.5 Å². The number of nitrogens with zero attached hydrogens (tertiary/aromatic N) is 2. The van der Waals surface area contributed by atoms with Crippen LogP contribution in [0.3, 0.4) is 0 Å². The van der Waals surface area contributed by atoms with E-state index in [0.29, 0.717) is 11.9 Å². The van der Waals surface area contributed by atoms with Crippen LogP contribution in [0.1, 0.15) is 50.7 Å².